The molecule has 174 valence electrons. The van der Waals surface area contributed by atoms with Gasteiger partial charge in [-0.3, -0.25) is 4.90 Å². The first-order chi connectivity index (χ1) is 17.1. The number of nitrogens with zero attached hydrogens (tertiary/aromatic N) is 1. The lowest BCUT2D eigenvalue weighted by atomic mass is 9.99. The highest BCUT2D eigenvalue weighted by Gasteiger charge is 2.23. The largest absolute Gasteiger partial charge is 0.478 e. The van der Waals surface area contributed by atoms with Gasteiger partial charge in [-0.25, -0.2) is 9.59 Å². The molecule has 1 aliphatic rings. The van der Waals surface area contributed by atoms with Crippen LogP contribution < -0.4 is 16.0 Å². The van der Waals surface area contributed by atoms with E-state index in [9.17, 15) is 9.59 Å². The molecule has 0 bridgehead atoms. The van der Waals surface area contributed by atoms with E-state index in [0.717, 1.165) is 34.5 Å². The van der Waals surface area contributed by atoms with Crippen LogP contribution in [0.1, 0.15) is 11.1 Å². The van der Waals surface area contributed by atoms with Crippen molar-refractivity contribution in [3.63, 3.8) is 0 Å². The fraction of sp³-hybridized carbons (Fsp3) is 0.143. The lowest BCUT2D eigenvalue weighted by Crippen LogP contribution is -2.33. The molecular weight excluding hydrogens is 466 g/mol. The van der Waals surface area contributed by atoms with Crippen LogP contribution in [0.3, 0.4) is 0 Å². The predicted molar refractivity (Wildman–Crippen MR) is 135 cm³/mol. The molecule has 2 aromatic heterocycles. The van der Waals surface area contributed by atoms with E-state index in [1.807, 2.05) is 48.5 Å². The smallest absolute Gasteiger partial charge is 0.344 e. The van der Waals surface area contributed by atoms with Gasteiger partial charge in [0.05, 0.1) is 11.1 Å². The van der Waals surface area contributed by atoms with E-state index < -0.39 is 11.3 Å². The molecule has 0 unspecified atom stereocenters. The van der Waals surface area contributed by atoms with Gasteiger partial charge in [0, 0.05) is 40.5 Å². The van der Waals surface area contributed by atoms with Gasteiger partial charge in [0.2, 0.25) is 0 Å². The maximum Gasteiger partial charge on any atom is 0.344 e. The fourth-order valence-electron chi connectivity index (χ4n) is 4.57. The highest BCUT2D eigenvalue weighted by molar-refractivity contribution is 6.31. The van der Waals surface area contributed by atoms with Crippen molar-refractivity contribution in [3.8, 4) is 16.9 Å². The maximum atomic E-state index is 12.8. The Hall–Kier alpha value is -3.87. The second kappa shape index (κ2) is 8.73. The molecule has 0 atom stereocenters. The van der Waals surface area contributed by atoms with Crippen LogP contribution in [0.15, 0.2) is 91.2 Å². The van der Waals surface area contributed by atoms with Gasteiger partial charge in [-0.15, -0.1) is 0 Å². The van der Waals surface area contributed by atoms with E-state index in [1.165, 1.54) is 6.07 Å². The van der Waals surface area contributed by atoms with Gasteiger partial charge in [-0.05, 0) is 42.3 Å². The Labute approximate surface area is 204 Å². The number of benzene rings is 3. The second-order valence-corrected chi connectivity index (χ2v) is 8.96. The molecule has 7 heteroatoms. The lowest BCUT2D eigenvalue weighted by Gasteiger charge is -2.29. The molecular formula is C28H20ClNO5. The Balaban J connectivity index is 1.41. The van der Waals surface area contributed by atoms with Crippen LogP contribution >= 0.6 is 11.6 Å². The number of ether oxygens (including phenoxy) is 1. The molecule has 0 spiro atoms. The zero-order chi connectivity index (χ0) is 23.9. The average Bonchev–Trinajstić information content (AvgIpc) is 2.87. The van der Waals surface area contributed by atoms with Crippen molar-refractivity contribution < 1.29 is 13.6 Å². The molecule has 3 aromatic carbocycles. The number of hydrogen-bond acceptors (Lipinski definition) is 6. The molecule has 0 fully saturated rings. The molecule has 0 N–H and O–H groups in total. The molecule has 35 heavy (non-hydrogen) atoms. The molecule has 0 radical (unpaired) electrons. The van der Waals surface area contributed by atoms with Crippen LogP contribution in [-0.4, -0.2) is 18.2 Å². The molecule has 5 aromatic rings. The first kappa shape index (κ1) is 21.6. The maximum absolute atomic E-state index is 12.8. The summed E-state index contributed by atoms with van der Waals surface area (Å²) in [6.45, 7) is 1.68. The minimum atomic E-state index is -0.540. The number of para-hydroxylation sites is 1. The first-order valence-electron chi connectivity index (χ1n) is 11.3. The first-order valence-corrected chi connectivity index (χ1v) is 11.7. The summed E-state index contributed by atoms with van der Waals surface area (Å²) in [6.07, 6.45) is 0.760. The lowest BCUT2D eigenvalue weighted by molar-refractivity contribution is 0.0968. The standard InChI is InChI=1S/C28H20ClNO5/c29-23-7-3-1-5-17(23)11-12-30-15-22-25(33-16-30)10-9-19-20(14-26(31)35-27(19)22)21-13-18-6-2-4-8-24(18)34-28(21)32/h1-10,13-14H,11-12,15-16H2. The van der Waals surface area contributed by atoms with E-state index in [-0.39, 0.29) is 0 Å². The van der Waals surface area contributed by atoms with Crippen molar-refractivity contribution in [2.45, 2.75) is 13.0 Å². The monoisotopic (exact) mass is 485 g/mol. The van der Waals surface area contributed by atoms with Crippen molar-refractivity contribution in [2.24, 2.45) is 0 Å². The van der Waals surface area contributed by atoms with Crippen LogP contribution in [0.25, 0.3) is 33.1 Å². The number of fused-ring (bicyclic) bond motifs is 4. The third-order valence-corrected chi connectivity index (χ3v) is 6.71. The van der Waals surface area contributed by atoms with Crippen molar-refractivity contribution in [2.75, 3.05) is 13.3 Å². The van der Waals surface area contributed by atoms with Crippen LogP contribution in [0.4, 0.5) is 0 Å². The molecule has 3 heterocycles. The Morgan fingerprint density at radius 1 is 0.886 bits per heavy atom. The molecule has 0 saturated carbocycles. The van der Waals surface area contributed by atoms with Gasteiger partial charge >= 0.3 is 11.3 Å². The summed E-state index contributed by atoms with van der Waals surface area (Å²) in [5.74, 6) is 0.664. The van der Waals surface area contributed by atoms with Crippen molar-refractivity contribution in [1.82, 2.24) is 4.90 Å². The van der Waals surface area contributed by atoms with Gasteiger partial charge < -0.3 is 13.6 Å². The minimum Gasteiger partial charge on any atom is -0.478 e. The molecule has 1 aliphatic heterocycles. The Morgan fingerprint density at radius 3 is 2.60 bits per heavy atom. The molecule has 0 aliphatic carbocycles. The zero-order valence-electron chi connectivity index (χ0n) is 18.6. The number of hydrogen-bond donors (Lipinski definition) is 0. The van der Waals surface area contributed by atoms with Crippen LogP contribution in [0.2, 0.25) is 5.02 Å². The quantitative estimate of drug-likeness (QED) is 0.308. The normalized spacial score (nSPS) is 13.6. The summed E-state index contributed by atoms with van der Waals surface area (Å²) in [4.78, 5) is 27.6. The average molecular weight is 486 g/mol. The highest BCUT2D eigenvalue weighted by Crippen LogP contribution is 2.36. The third-order valence-electron chi connectivity index (χ3n) is 6.34. The van der Waals surface area contributed by atoms with E-state index in [4.69, 9.17) is 25.2 Å². The van der Waals surface area contributed by atoms with Crippen molar-refractivity contribution in [1.29, 1.82) is 0 Å². The summed E-state index contributed by atoms with van der Waals surface area (Å²) < 4.78 is 17.2. The highest BCUT2D eigenvalue weighted by atomic mass is 35.5. The van der Waals surface area contributed by atoms with Crippen LogP contribution in [0.5, 0.6) is 5.75 Å². The van der Waals surface area contributed by atoms with Crippen LogP contribution in [0, 0.1) is 0 Å². The second-order valence-electron chi connectivity index (χ2n) is 8.55. The summed E-state index contributed by atoms with van der Waals surface area (Å²) in [5.41, 5.74) is 2.49. The predicted octanol–water partition coefficient (Wildman–Crippen LogP) is 5.61. The van der Waals surface area contributed by atoms with Gasteiger partial charge in [-0.1, -0.05) is 48.0 Å². The molecule has 6 nitrogen and oxygen atoms in total. The zero-order valence-corrected chi connectivity index (χ0v) is 19.4. The summed E-state index contributed by atoms with van der Waals surface area (Å²) in [7, 11) is 0. The summed E-state index contributed by atoms with van der Waals surface area (Å²) >= 11 is 6.31. The van der Waals surface area contributed by atoms with E-state index in [1.54, 1.807) is 18.2 Å². The van der Waals surface area contributed by atoms with E-state index in [0.29, 0.717) is 46.7 Å². The Morgan fingerprint density at radius 2 is 1.71 bits per heavy atom. The third kappa shape index (κ3) is 4.01. The fourth-order valence-corrected chi connectivity index (χ4v) is 4.81. The summed E-state index contributed by atoms with van der Waals surface area (Å²) in [6, 6.07) is 21.8. The number of rotatable bonds is 4. The molecule has 0 amide bonds. The SMILES string of the molecule is O=c1cc(-c2cc3ccccc3oc2=O)c2ccc3c(c2o1)CN(CCc1ccccc1Cl)CO3. The van der Waals surface area contributed by atoms with Gasteiger partial charge in [0.15, 0.2) is 0 Å². The van der Waals surface area contributed by atoms with Gasteiger partial charge in [-0.2, -0.15) is 0 Å². The molecule has 0 saturated heterocycles. The van der Waals surface area contributed by atoms with Gasteiger partial charge in [0.25, 0.3) is 0 Å². The Bertz CT molecular complexity index is 1700. The summed E-state index contributed by atoms with van der Waals surface area (Å²) in [5, 5.41) is 2.17. The van der Waals surface area contributed by atoms with Crippen LogP contribution in [-0.2, 0) is 13.0 Å². The molecule has 6 rings (SSSR count). The van der Waals surface area contributed by atoms with Crippen molar-refractivity contribution >= 4 is 33.5 Å². The van der Waals surface area contributed by atoms with Crippen molar-refractivity contribution in [3.05, 3.63) is 110 Å². The number of halogens is 1. The Kier molecular flexibility index (Phi) is 5.40. The van der Waals surface area contributed by atoms with E-state index >= 15 is 0 Å². The van der Waals surface area contributed by atoms with E-state index in [2.05, 4.69) is 4.90 Å². The minimum absolute atomic E-state index is 0.314. The topological polar surface area (TPSA) is 72.9 Å². The van der Waals surface area contributed by atoms with Gasteiger partial charge in [0.1, 0.15) is 23.6 Å².